The quantitative estimate of drug-likeness (QED) is 0.268. The SMILES string of the molecule is CCC1C(C(=O)c2cc(C(F)(F)F)cc(C(F)(F)F)c2)c2ccc(C(F)(F)F)cc2N1C(=O)OC(C)(C)CC. The van der Waals surface area contributed by atoms with Crippen LogP contribution in [0.15, 0.2) is 36.4 Å². The minimum absolute atomic E-state index is 0.0841. The van der Waals surface area contributed by atoms with Crippen LogP contribution in [-0.4, -0.2) is 23.5 Å². The van der Waals surface area contributed by atoms with Gasteiger partial charge in [-0.1, -0.05) is 19.9 Å². The third-order valence-electron chi connectivity index (χ3n) is 6.65. The summed E-state index contributed by atoms with van der Waals surface area (Å²) in [7, 11) is 0. The average molecular weight is 569 g/mol. The number of carbonyl (C=O) groups is 2. The van der Waals surface area contributed by atoms with Gasteiger partial charge in [0.05, 0.1) is 34.3 Å². The van der Waals surface area contributed by atoms with Gasteiger partial charge in [0.1, 0.15) is 5.60 Å². The number of alkyl halides is 9. The third kappa shape index (κ3) is 6.17. The lowest BCUT2D eigenvalue weighted by Crippen LogP contribution is -2.44. The molecule has 2 aromatic carbocycles. The molecule has 0 aliphatic carbocycles. The molecule has 39 heavy (non-hydrogen) atoms. The Bertz CT molecular complexity index is 1230. The minimum atomic E-state index is -5.22. The number of amides is 1. The Kier molecular flexibility index (Phi) is 7.81. The maximum absolute atomic E-state index is 13.6. The van der Waals surface area contributed by atoms with Crippen LogP contribution in [0.2, 0.25) is 0 Å². The number of hydrogen-bond donors (Lipinski definition) is 0. The van der Waals surface area contributed by atoms with Crippen LogP contribution in [0, 0.1) is 0 Å². The van der Waals surface area contributed by atoms with Gasteiger partial charge in [-0.15, -0.1) is 0 Å². The van der Waals surface area contributed by atoms with Gasteiger partial charge in [0.2, 0.25) is 0 Å². The van der Waals surface area contributed by atoms with Crippen molar-refractivity contribution in [3.63, 3.8) is 0 Å². The molecule has 3 rings (SSSR count). The van der Waals surface area contributed by atoms with Gasteiger partial charge in [0, 0.05) is 5.56 Å². The molecule has 0 saturated heterocycles. The van der Waals surface area contributed by atoms with E-state index in [1.54, 1.807) is 20.8 Å². The smallest absolute Gasteiger partial charge is 0.416 e. The number of benzene rings is 2. The Morgan fingerprint density at radius 2 is 1.31 bits per heavy atom. The summed E-state index contributed by atoms with van der Waals surface area (Å²) in [5.41, 5.74) is -7.15. The fraction of sp³-hybridized carbons (Fsp3) is 0.462. The number of rotatable bonds is 5. The number of ketones is 1. The van der Waals surface area contributed by atoms with Crippen LogP contribution in [0.1, 0.15) is 79.1 Å². The normalized spacial score (nSPS) is 18.2. The van der Waals surface area contributed by atoms with E-state index in [0.717, 1.165) is 11.0 Å². The van der Waals surface area contributed by atoms with E-state index < -0.39 is 70.2 Å². The Labute approximate surface area is 217 Å². The number of Topliss-reactive ketones (excluding diaryl/α,β-unsaturated/α-hetero) is 1. The molecule has 214 valence electrons. The standard InChI is InChI=1S/C26H24F9NO3/c1-5-18-20(21(37)13-9-15(25(30,31)32)11-16(10-13)26(33,34)35)17-8-7-14(24(27,28)29)12-19(17)36(18)22(38)39-23(3,4)6-2/h7-12,18,20H,5-6H2,1-4H3. The zero-order valence-corrected chi connectivity index (χ0v) is 21.1. The lowest BCUT2D eigenvalue weighted by molar-refractivity contribution is -0.143. The second kappa shape index (κ2) is 10.1. The second-order valence-corrected chi connectivity index (χ2v) is 9.73. The highest BCUT2D eigenvalue weighted by atomic mass is 19.4. The maximum atomic E-state index is 13.6. The topological polar surface area (TPSA) is 46.6 Å². The summed E-state index contributed by atoms with van der Waals surface area (Å²) in [6, 6.07) is 1.27. The van der Waals surface area contributed by atoms with Gasteiger partial charge < -0.3 is 4.74 Å². The Morgan fingerprint density at radius 1 is 0.795 bits per heavy atom. The van der Waals surface area contributed by atoms with E-state index in [0.29, 0.717) is 18.6 Å². The minimum Gasteiger partial charge on any atom is -0.443 e. The number of halogens is 9. The Hall–Kier alpha value is -3.25. The molecule has 13 heteroatoms. The summed E-state index contributed by atoms with van der Waals surface area (Å²) in [5.74, 6) is -2.78. The van der Waals surface area contributed by atoms with Crippen LogP contribution >= 0.6 is 0 Å². The number of ether oxygens (including phenoxy) is 1. The van der Waals surface area contributed by atoms with E-state index >= 15 is 0 Å². The van der Waals surface area contributed by atoms with Crippen molar-refractivity contribution in [3.8, 4) is 0 Å². The van der Waals surface area contributed by atoms with Gasteiger partial charge in [-0.05, 0) is 62.6 Å². The molecular weight excluding hydrogens is 545 g/mol. The number of hydrogen-bond acceptors (Lipinski definition) is 3. The van der Waals surface area contributed by atoms with Crippen LogP contribution in [0.5, 0.6) is 0 Å². The third-order valence-corrected chi connectivity index (χ3v) is 6.65. The molecule has 0 N–H and O–H groups in total. The maximum Gasteiger partial charge on any atom is 0.416 e. The highest BCUT2D eigenvalue weighted by molar-refractivity contribution is 6.07. The van der Waals surface area contributed by atoms with Crippen molar-refractivity contribution in [2.75, 3.05) is 4.90 Å². The van der Waals surface area contributed by atoms with Crippen molar-refractivity contribution >= 4 is 17.6 Å². The molecule has 2 aromatic rings. The largest absolute Gasteiger partial charge is 0.443 e. The summed E-state index contributed by atoms with van der Waals surface area (Å²) in [6.45, 7) is 6.24. The Morgan fingerprint density at radius 3 is 1.74 bits per heavy atom. The first-order chi connectivity index (χ1) is 17.7. The summed E-state index contributed by atoms with van der Waals surface area (Å²) in [4.78, 5) is 27.6. The predicted octanol–water partition coefficient (Wildman–Crippen LogP) is 8.63. The molecule has 0 spiro atoms. The van der Waals surface area contributed by atoms with Crippen LogP contribution in [0.3, 0.4) is 0 Å². The molecule has 0 saturated carbocycles. The fourth-order valence-corrected chi connectivity index (χ4v) is 4.33. The van der Waals surface area contributed by atoms with Crippen LogP contribution in [-0.2, 0) is 23.3 Å². The van der Waals surface area contributed by atoms with E-state index in [4.69, 9.17) is 4.74 Å². The first-order valence-electron chi connectivity index (χ1n) is 11.8. The lowest BCUT2D eigenvalue weighted by Gasteiger charge is -2.31. The molecule has 1 aliphatic rings. The van der Waals surface area contributed by atoms with Crippen LogP contribution < -0.4 is 4.90 Å². The number of anilines is 1. The summed E-state index contributed by atoms with van der Waals surface area (Å²) in [5, 5.41) is 0. The first kappa shape index (κ1) is 30.3. The molecule has 2 atom stereocenters. The molecule has 1 amide bonds. The molecule has 0 bridgehead atoms. The van der Waals surface area contributed by atoms with Gasteiger partial charge in [0.15, 0.2) is 5.78 Å². The van der Waals surface area contributed by atoms with Crippen molar-refractivity contribution in [3.05, 3.63) is 64.2 Å². The summed E-state index contributed by atoms with van der Waals surface area (Å²) >= 11 is 0. The van der Waals surface area contributed by atoms with E-state index in [1.165, 1.54) is 6.92 Å². The molecule has 0 radical (unpaired) electrons. The molecule has 2 unspecified atom stereocenters. The van der Waals surface area contributed by atoms with E-state index in [9.17, 15) is 49.1 Å². The van der Waals surface area contributed by atoms with E-state index in [-0.39, 0.29) is 35.9 Å². The van der Waals surface area contributed by atoms with Crippen molar-refractivity contribution < 1.29 is 53.8 Å². The van der Waals surface area contributed by atoms with Gasteiger partial charge in [-0.2, -0.15) is 39.5 Å². The van der Waals surface area contributed by atoms with Gasteiger partial charge in [-0.25, -0.2) is 4.79 Å². The fourth-order valence-electron chi connectivity index (χ4n) is 4.33. The van der Waals surface area contributed by atoms with Crippen LogP contribution in [0.25, 0.3) is 0 Å². The van der Waals surface area contributed by atoms with Crippen molar-refractivity contribution in [1.29, 1.82) is 0 Å². The first-order valence-corrected chi connectivity index (χ1v) is 11.8. The summed E-state index contributed by atoms with van der Waals surface area (Å²) in [6.07, 6.45) is -16.2. The monoisotopic (exact) mass is 569 g/mol. The molecule has 1 heterocycles. The summed E-state index contributed by atoms with van der Waals surface area (Å²) < 4.78 is 126. The Balaban J connectivity index is 2.23. The zero-order valence-electron chi connectivity index (χ0n) is 21.1. The van der Waals surface area contributed by atoms with E-state index in [2.05, 4.69) is 0 Å². The highest BCUT2D eigenvalue weighted by Crippen LogP contribution is 2.47. The predicted molar refractivity (Wildman–Crippen MR) is 122 cm³/mol. The van der Waals surface area contributed by atoms with Crippen molar-refractivity contribution in [2.24, 2.45) is 0 Å². The highest BCUT2D eigenvalue weighted by Gasteiger charge is 2.48. The lowest BCUT2D eigenvalue weighted by atomic mass is 9.85. The van der Waals surface area contributed by atoms with E-state index in [1.807, 2.05) is 0 Å². The average Bonchev–Trinajstić information content (AvgIpc) is 3.15. The molecule has 4 nitrogen and oxygen atoms in total. The van der Waals surface area contributed by atoms with Crippen LogP contribution in [0.4, 0.5) is 50.0 Å². The zero-order chi connectivity index (χ0) is 29.7. The van der Waals surface area contributed by atoms with Crippen molar-refractivity contribution in [2.45, 2.75) is 76.6 Å². The van der Waals surface area contributed by atoms with Gasteiger partial charge >= 0.3 is 24.6 Å². The number of carbonyl (C=O) groups excluding carboxylic acids is 2. The molecule has 0 fully saturated rings. The van der Waals surface area contributed by atoms with Gasteiger partial charge in [0.25, 0.3) is 0 Å². The second-order valence-electron chi connectivity index (χ2n) is 9.73. The number of fused-ring (bicyclic) bond motifs is 1. The van der Waals surface area contributed by atoms with Crippen molar-refractivity contribution in [1.82, 2.24) is 0 Å². The molecule has 1 aliphatic heterocycles. The number of nitrogens with zero attached hydrogens (tertiary/aromatic N) is 1. The molecule has 0 aromatic heterocycles. The molecular formula is C26H24F9NO3. The van der Waals surface area contributed by atoms with Gasteiger partial charge in [-0.3, -0.25) is 9.69 Å².